The van der Waals surface area contributed by atoms with Crippen molar-refractivity contribution in [2.45, 2.75) is 59.8 Å². The zero-order chi connectivity index (χ0) is 14.1. The largest absolute Gasteiger partial charge is 0.396 e. The van der Waals surface area contributed by atoms with Gasteiger partial charge in [-0.15, -0.1) is 0 Å². The molecule has 0 aliphatic carbocycles. The number of nitrogens with one attached hydrogen (secondary N) is 1. The Bertz CT molecular complexity index is 243. The van der Waals surface area contributed by atoms with Crippen LogP contribution < -0.4 is 5.32 Å². The Morgan fingerprint density at radius 2 is 1.78 bits per heavy atom. The van der Waals surface area contributed by atoms with Crippen LogP contribution in [0.4, 0.5) is 0 Å². The zero-order valence-corrected chi connectivity index (χ0v) is 12.6. The summed E-state index contributed by atoms with van der Waals surface area (Å²) in [7, 11) is 0. The van der Waals surface area contributed by atoms with Gasteiger partial charge in [-0.2, -0.15) is 5.26 Å². The molecule has 0 aliphatic rings. The van der Waals surface area contributed by atoms with Crippen LogP contribution in [0.25, 0.3) is 0 Å². The van der Waals surface area contributed by atoms with Crippen molar-refractivity contribution in [1.82, 2.24) is 5.32 Å². The lowest BCUT2D eigenvalue weighted by Crippen LogP contribution is -2.36. The number of hydrogen-bond acceptors (Lipinski definition) is 3. The van der Waals surface area contributed by atoms with Crippen LogP contribution in [0.5, 0.6) is 0 Å². The van der Waals surface area contributed by atoms with Gasteiger partial charge in [0.1, 0.15) is 0 Å². The minimum absolute atomic E-state index is 0.0475. The summed E-state index contributed by atoms with van der Waals surface area (Å²) >= 11 is 0. The van der Waals surface area contributed by atoms with E-state index in [9.17, 15) is 5.11 Å². The highest BCUT2D eigenvalue weighted by atomic mass is 16.3. The summed E-state index contributed by atoms with van der Waals surface area (Å²) in [5, 5.41) is 21.8. The van der Waals surface area contributed by atoms with Gasteiger partial charge in [-0.1, -0.05) is 20.3 Å². The van der Waals surface area contributed by atoms with Gasteiger partial charge in [-0.3, -0.25) is 0 Å². The molecule has 0 amide bonds. The molecule has 3 heteroatoms. The number of rotatable bonds is 10. The zero-order valence-electron chi connectivity index (χ0n) is 12.6. The maximum atomic E-state index is 9.44. The third-order valence-electron chi connectivity index (χ3n) is 4.04. The van der Waals surface area contributed by atoms with E-state index in [1.165, 1.54) is 0 Å². The summed E-state index contributed by atoms with van der Waals surface area (Å²) in [4.78, 5) is 0. The molecule has 18 heavy (non-hydrogen) atoms. The Hall–Kier alpha value is -0.590. The molecule has 0 radical (unpaired) electrons. The molecular formula is C15H30N2O. The van der Waals surface area contributed by atoms with Crippen molar-refractivity contribution < 1.29 is 5.11 Å². The van der Waals surface area contributed by atoms with Crippen LogP contribution in [0.2, 0.25) is 0 Å². The molecule has 0 heterocycles. The van der Waals surface area contributed by atoms with Crippen molar-refractivity contribution in [1.29, 1.82) is 5.26 Å². The first-order valence-corrected chi connectivity index (χ1v) is 7.18. The van der Waals surface area contributed by atoms with E-state index < -0.39 is 0 Å². The average molecular weight is 254 g/mol. The predicted octanol–water partition coefficient (Wildman–Crippen LogP) is 3.09. The topological polar surface area (TPSA) is 56.0 Å². The van der Waals surface area contributed by atoms with E-state index in [0.717, 1.165) is 45.2 Å². The number of aliphatic hydroxyl groups excluding tert-OH is 1. The highest BCUT2D eigenvalue weighted by Crippen LogP contribution is 2.24. The van der Waals surface area contributed by atoms with Gasteiger partial charge in [0, 0.05) is 18.6 Å². The van der Waals surface area contributed by atoms with Crippen molar-refractivity contribution in [3.05, 3.63) is 0 Å². The molecule has 0 bridgehead atoms. The summed E-state index contributed by atoms with van der Waals surface area (Å²) in [6.45, 7) is 10.4. The number of hydrogen-bond donors (Lipinski definition) is 2. The summed E-state index contributed by atoms with van der Waals surface area (Å²) < 4.78 is 0. The van der Waals surface area contributed by atoms with Crippen molar-refractivity contribution >= 4 is 0 Å². The molecule has 0 spiro atoms. The monoisotopic (exact) mass is 254 g/mol. The molecule has 0 fully saturated rings. The van der Waals surface area contributed by atoms with Gasteiger partial charge in [0.25, 0.3) is 0 Å². The molecule has 0 atom stereocenters. The van der Waals surface area contributed by atoms with Crippen molar-refractivity contribution in [2.75, 3.05) is 19.7 Å². The fourth-order valence-electron chi connectivity index (χ4n) is 2.01. The Morgan fingerprint density at radius 1 is 1.17 bits per heavy atom. The third kappa shape index (κ3) is 6.37. The van der Waals surface area contributed by atoms with Crippen LogP contribution in [-0.4, -0.2) is 24.8 Å². The lowest BCUT2D eigenvalue weighted by molar-refractivity contribution is 0.113. The normalized spacial score (nSPS) is 12.4. The molecule has 0 aromatic rings. The standard InChI is InChI=1S/C15H30N2O/c1-5-15(6-2,13-18)12-17-10-8-7-9-14(3,4)11-16/h17-18H,5-10,12-13H2,1-4H3. The molecular weight excluding hydrogens is 224 g/mol. The van der Waals surface area contributed by atoms with Crippen molar-refractivity contribution in [2.24, 2.45) is 10.8 Å². The molecule has 106 valence electrons. The Balaban J connectivity index is 3.72. The molecule has 0 unspecified atom stereocenters. The van der Waals surface area contributed by atoms with E-state index >= 15 is 0 Å². The molecule has 0 saturated heterocycles. The molecule has 3 nitrogen and oxygen atoms in total. The van der Waals surface area contributed by atoms with E-state index in [-0.39, 0.29) is 17.4 Å². The number of aliphatic hydroxyl groups is 1. The highest BCUT2D eigenvalue weighted by molar-refractivity contribution is 4.91. The van der Waals surface area contributed by atoms with Crippen LogP contribution in [0.15, 0.2) is 0 Å². The summed E-state index contributed by atoms with van der Waals surface area (Å²) in [6, 6.07) is 2.33. The van der Waals surface area contributed by atoms with E-state index in [2.05, 4.69) is 25.2 Å². The number of unbranched alkanes of at least 4 members (excludes halogenated alkanes) is 1. The minimum Gasteiger partial charge on any atom is -0.396 e. The minimum atomic E-state index is -0.193. The van der Waals surface area contributed by atoms with Gasteiger partial charge in [-0.25, -0.2) is 0 Å². The summed E-state index contributed by atoms with van der Waals surface area (Å²) in [6.07, 6.45) is 5.15. The molecule has 0 aliphatic heterocycles. The Labute approximate surface area is 113 Å². The average Bonchev–Trinajstić information content (AvgIpc) is 2.39. The van der Waals surface area contributed by atoms with Crippen LogP contribution in [0.3, 0.4) is 0 Å². The van der Waals surface area contributed by atoms with Crippen LogP contribution in [0, 0.1) is 22.2 Å². The van der Waals surface area contributed by atoms with Crippen LogP contribution in [-0.2, 0) is 0 Å². The number of nitriles is 1. The highest BCUT2D eigenvalue weighted by Gasteiger charge is 2.24. The molecule has 0 aromatic heterocycles. The van der Waals surface area contributed by atoms with Gasteiger partial charge in [0.2, 0.25) is 0 Å². The summed E-state index contributed by atoms with van der Waals surface area (Å²) in [5.74, 6) is 0. The lowest BCUT2D eigenvalue weighted by atomic mass is 9.83. The quantitative estimate of drug-likeness (QED) is 0.589. The summed E-state index contributed by atoms with van der Waals surface area (Å²) in [5.41, 5.74) is -0.145. The van der Waals surface area contributed by atoms with E-state index in [0.29, 0.717) is 0 Å². The lowest BCUT2D eigenvalue weighted by Gasteiger charge is -2.29. The fraction of sp³-hybridized carbons (Fsp3) is 0.933. The molecule has 0 saturated carbocycles. The second-order valence-corrected chi connectivity index (χ2v) is 5.99. The SMILES string of the molecule is CCC(CC)(CO)CNCCCCC(C)(C)C#N. The maximum Gasteiger partial charge on any atom is 0.0683 e. The molecule has 2 N–H and O–H groups in total. The van der Waals surface area contributed by atoms with E-state index in [1.807, 2.05) is 13.8 Å². The first kappa shape index (κ1) is 17.4. The van der Waals surface area contributed by atoms with E-state index in [4.69, 9.17) is 5.26 Å². The second kappa shape index (κ2) is 8.50. The second-order valence-electron chi connectivity index (χ2n) is 5.99. The van der Waals surface area contributed by atoms with Gasteiger partial charge in [-0.05, 0) is 46.1 Å². The van der Waals surface area contributed by atoms with Crippen LogP contribution in [0.1, 0.15) is 59.8 Å². The van der Waals surface area contributed by atoms with Crippen LogP contribution >= 0.6 is 0 Å². The predicted molar refractivity (Wildman–Crippen MR) is 76.2 cm³/mol. The van der Waals surface area contributed by atoms with E-state index in [1.54, 1.807) is 0 Å². The third-order valence-corrected chi connectivity index (χ3v) is 4.04. The van der Waals surface area contributed by atoms with Gasteiger partial charge in [0.15, 0.2) is 0 Å². The fourth-order valence-corrected chi connectivity index (χ4v) is 2.01. The van der Waals surface area contributed by atoms with Gasteiger partial charge < -0.3 is 10.4 Å². The molecule has 0 rings (SSSR count). The Kier molecular flexibility index (Phi) is 8.22. The van der Waals surface area contributed by atoms with Gasteiger partial charge >= 0.3 is 0 Å². The van der Waals surface area contributed by atoms with Crippen molar-refractivity contribution in [3.63, 3.8) is 0 Å². The maximum absolute atomic E-state index is 9.44. The van der Waals surface area contributed by atoms with Gasteiger partial charge in [0.05, 0.1) is 11.5 Å². The number of nitrogens with zero attached hydrogens (tertiary/aromatic N) is 1. The Morgan fingerprint density at radius 3 is 2.22 bits per heavy atom. The van der Waals surface area contributed by atoms with Crippen molar-refractivity contribution in [3.8, 4) is 6.07 Å². The first-order valence-electron chi connectivity index (χ1n) is 7.18. The first-order chi connectivity index (χ1) is 8.45. The molecule has 0 aromatic carbocycles. The smallest absolute Gasteiger partial charge is 0.0683 e.